The van der Waals surface area contributed by atoms with Gasteiger partial charge >= 0.3 is 6.03 Å². The van der Waals surface area contributed by atoms with E-state index in [2.05, 4.69) is 17.6 Å². The Balaban J connectivity index is 1.77. The Labute approximate surface area is 110 Å². The predicted molar refractivity (Wildman–Crippen MR) is 71.3 cm³/mol. The van der Waals surface area contributed by atoms with Crippen molar-refractivity contribution in [2.24, 2.45) is 11.8 Å². The highest BCUT2D eigenvalue weighted by molar-refractivity contribution is 5.75. The van der Waals surface area contributed by atoms with Crippen molar-refractivity contribution >= 4 is 6.03 Å². The maximum atomic E-state index is 12.0. The molecule has 104 valence electrons. The molecule has 1 atom stereocenters. The van der Waals surface area contributed by atoms with E-state index in [1.54, 1.807) is 0 Å². The van der Waals surface area contributed by atoms with Gasteiger partial charge in [0.1, 0.15) is 0 Å². The molecule has 0 aromatic heterocycles. The van der Waals surface area contributed by atoms with E-state index in [4.69, 9.17) is 0 Å². The Morgan fingerprint density at radius 3 is 2.33 bits per heavy atom. The van der Waals surface area contributed by atoms with Crippen molar-refractivity contribution in [3.05, 3.63) is 0 Å². The fourth-order valence-corrected chi connectivity index (χ4v) is 2.88. The molecule has 4 heteroatoms. The number of urea groups is 1. The highest BCUT2D eigenvalue weighted by Crippen LogP contribution is 2.39. The van der Waals surface area contributed by atoms with Gasteiger partial charge in [0.2, 0.25) is 0 Å². The molecule has 0 radical (unpaired) electrons. The van der Waals surface area contributed by atoms with Crippen LogP contribution in [0.2, 0.25) is 0 Å². The van der Waals surface area contributed by atoms with Crippen LogP contribution in [0.5, 0.6) is 0 Å². The van der Waals surface area contributed by atoms with Crippen molar-refractivity contribution in [1.29, 1.82) is 0 Å². The first kappa shape index (κ1) is 13.7. The predicted octanol–water partition coefficient (Wildman–Crippen LogP) is 2.03. The van der Waals surface area contributed by atoms with Crippen molar-refractivity contribution in [2.45, 2.75) is 64.0 Å². The average Bonchev–Trinajstić information content (AvgIpc) is 3.16. The number of rotatable bonds is 4. The van der Waals surface area contributed by atoms with Gasteiger partial charge in [0.05, 0.1) is 12.1 Å². The van der Waals surface area contributed by atoms with Gasteiger partial charge in [-0.15, -0.1) is 0 Å². The largest absolute Gasteiger partial charge is 0.394 e. The summed E-state index contributed by atoms with van der Waals surface area (Å²) in [7, 11) is 0. The number of aliphatic hydroxyl groups is 1. The van der Waals surface area contributed by atoms with Crippen LogP contribution in [-0.4, -0.2) is 29.3 Å². The quantitative estimate of drug-likeness (QED) is 0.719. The van der Waals surface area contributed by atoms with Crippen LogP contribution in [0.25, 0.3) is 0 Å². The SMILES string of the molecule is CC1CCC(NC(=O)NC(C)(CO)C2CC2)CC1. The van der Waals surface area contributed by atoms with E-state index in [1.165, 1.54) is 12.8 Å². The van der Waals surface area contributed by atoms with Crippen LogP contribution in [0.4, 0.5) is 4.79 Å². The first-order chi connectivity index (χ1) is 8.53. The van der Waals surface area contributed by atoms with E-state index in [0.29, 0.717) is 12.0 Å². The minimum Gasteiger partial charge on any atom is -0.394 e. The van der Waals surface area contributed by atoms with Crippen molar-refractivity contribution in [2.75, 3.05) is 6.61 Å². The maximum Gasteiger partial charge on any atom is 0.315 e. The molecule has 2 rings (SSSR count). The Morgan fingerprint density at radius 2 is 1.83 bits per heavy atom. The molecule has 0 saturated heterocycles. The number of aliphatic hydroxyl groups excluding tert-OH is 1. The monoisotopic (exact) mass is 254 g/mol. The van der Waals surface area contributed by atoms with Crippen LogP contribution in [0.15, 0.2) is 0 Å². The van der Waals surface area contributed by atoms with Gasteiger partial charge in [-0.3, -0.25) is 0 Å². The van der Waals surface area contributed by atoms with Crippen molar-refractivity contribution in [1.82, 2.24) is 10.6 Å². The fourth-order valence-electron chi connectivity index (χ4n) is 2.88. The molecule has 2 amide bonds. The number of hydrogen-bond acceptors (Lipinski definition) is 2. The molecule has 0 heterocycles. The lowest BCUT2D eigenvalue weighted by Crippen LogP contribution is -2.56. The minimum absolute atomic E-state index is 0.0206. The second-order valence-corrected chi connectivity index (χ2v) is 6.41. The lowest BCUT2D eigenvalue weighted by molar-refractivity contribution is 0.152. The van der Waals surface area contributed by atoms with Crippen LogP contribution in [0, 0.1) is 11.8 Å². The number of hydrogen-bond donors (Lipinski definition) is 3. The summed E-state index contributed by atoms with van der Waals surface area (Å²) < 4.78 is 0. The van der Waals surface area contributed by atoms with Gasteiger partial charge in [0.25, 0.3) is 0 Å². The maximum absolute atomic E-state index is 12.0. The Kier molecular flexibility index (Phi) is 4.15. The molecule has 0 aromatic rings. The molecule has 2 aliphatic rings. The lowest BCUT2D eigenvalue weighted by atomic mass is 9.87. The summed E-state index contributed by atoms with van der Waals surface area (Å²) in [6, 6.07) is 0.196. The molecular formula is C14H26N2O2. The normalized spacial score (nSPS) is 31.5. The topological polar surface area (TPSA) is 61.4 Å². The molecule has 2 aliphatic carbocycles. The highest BCUT2D eigenvalue weighted by Gasteiger charge is 2.42. The van der Waals surface area contributed by atoms with E-state index in [-0.39, 0.29) is 12.6 Å². The number of carbonyl (C=O) groups excluding carboxylic acids is 1. The minimum atomic E-state index is -0.438. The van der Waals surface area contributed by atoms with Gasteiger partial charge in [-0.25, -0.2) is 4.79 Å². The summed E-state index contributed by atoms with van der Waals surface area (Å²) >= 11 is 0. The summed E-state index contributed by atoms with van der Waals surface area (Å²) in [4.78, 5) is 12.0. The zero-order valence-corrected chi connectivity index (χ0v) is 11.5. The third-order valence-electron chi connectivity index (χ3n) is 4.56. The lowest BCUT2D eigenvalue weighted by Gasteiger charge is -2.32. The molecular weight excluding hydrogens is 228 g/mol. The Hall–Kier alpha value is -0.770. The van der Waals surface area contributed by atoms with Gasteiger partial charge in [-0.1, -0.05) is 6.92 Å². The van der Waals surface area contributed by atoms with E-state index < -0.39 is 5.54 Å². The van der Waals surface area contributed by atoms with Crippen LogP contribution < -0.4 is 10.6 Å². The van der Waals surface area contributed by atoms with Gasteiger partial charge < -0.3 is 15.7 Å². The molecule has 0 bridgehead atoms. The average molecular weight is 254 g/mol. The number of amides is 2. The Morgan fingerprint density at radius 1 is 1.22 bits per heavy atom. The third-order valence-corrected chi connectivity index (χ3v) is 4.56. The van der Waals surface area contributed by atoms with Crippen molar-refractivity contribution in [3.8, 4) is 0 Å². The summed E-state index contributed by atoms with van der Waals surface area (Å²) in [5.41, 5.74) is -0.438. The number of nitrogens with one attached hydrogen (secondary N) is 2. The standard InChI is InChI=1S/C14H26N2O2/c1-10-3-7-12(8-4-10)15-13(18)16-14(2,9-17)11-5-6-11/h10-12,17H,3-9H2,1-2H3,(H2,15,16,18). The Bertz CT molecular complexity index is 296. The van der Waals surface area contributed by atoms with E-state index in [9.17, 15) is 9.90 Å². The summed E-state index contributed by atoms with van der Waals surface area (Å²) in [6.45, 7) is 4.23. The smallest absolute Gasteiger partial charge is 0.315 e. The van der Waals surface area contributed by atoms with Gasteiger partial charge in [-0.05, 0) is 57.3 Å². The van der Waals surface area contributed by atoms with Crippen molar-refractivity contribution < 1.29 is 9.90 Å². The van der Waals surface area contributed by atoms with E-state index in [1.807, 2.05) is 6.92 Å². The van der Waals surface area contributed by atoms with Gasteiger partial charge in [-0.2, -0.15) is 0 Å². The summed E-state index contributed by atoms with van der Waals surface area (Å²) in [5, 5.41) is 15.5. The fraction of sp³-hybridized carbons (Fsp3) is 0.929. The van der Waals surface area contributed by atoms with E-state index >= 15 is 0 Å². The zero-order chi connectivity index (χ0) is 13.2. The number of carbonyl (C=O) groups is 1. The van der Waals surface area contributed by atoms with Crippen LogP contribution >= 0.6 is 0 Å². The van der Waals surface area contributed by atoms with Gasteiger partial charge in [0.15, 0.2) is 0 Å². The molecule has 4 nitrogen and oxygen atoms in total. The first-order valence-corrected chi connectivity index (χ1v) is 7.23. The summed E-state index contributed by atoms with van der Waals surface area (Å²) in [6.07, 6.45) is 6.77. The zero-order valence-electron chi connectivity index (χ0n) is 11.5. The molecule has 2 saturated carbocycles. The van der Waals surface area contributed by atoms with E-state index in [0.717, 1.165) is 31.6 Å². The molecule has 18 heavy (non-hydrogen) atoms. The summed E-state index contributed by atoms with van der Waals surface area (Å²) in [5.74, 6) is 1.24. The highest BCUT2D eigenvalue weighted by atomic mass is 16.3. The van der Waals surface area contributed by atoms with Crippen molar-refractivity contribution in [3.63, 3.8) is 0 Å². The van der Waals surface area contributed by atoms with Crippen LogP contribution in [-0.2, 0) is 0 Å². The third kappa shape index (κ3) is 3.37. The second-order valence-electron chi connectivity index (χ2n) is 6.41. The van der Waals surface area contributed by atoms with Crippen LogP contribution in [0.1, 0.15) is 52.4 Å². The molecule has 1 unspecified atom stereocenters. The molecule has 2 fully saturated rings. The molecule has 0 aromatic carbocycles. The van der Waals surface area contributed by atoms with Gasteiger partial charge in [0, 0.05) is 6.04 Å². The molecule has 0 spiro atoms. The second kappa shape index (κ2) is 5.47. The molecule has 3 N–H and O–H groups in total. The van der Waals surface area contributed by atoms with Crippen LogP contribution in [0.3, 0.4) is 0 Å². The molecule has 0 aliphatic heterocycles. The first-order valence-electron chi connectivity index (χ1n) is 7.23.